The van der Waals surface area contributed by atoms with Crippen LogP contribution in [0.4, 0.5) is 15.0 Å². The van der Waals surface area contributed by atoms with E-state index in [1.807, 2.05) is 0 Å². The van der Waals surface area contributed by atoms with Crippen molar-refractivity contribution in [3.63, 3.8) is 0 Å². The highest BCUT2D eigenvalue weighted by Crippen LogP contribution is 2.16. The Morgan fingerprint density at radius 1 is 1.59 bits per heavy atom. The number of halogens is 1. The first-order chi connectivity index (χ1) is 7.83. The molecule has 1 aromatic rings. The molecular weight excluding hydrogens is 225 g/mol. The number of aromatic nitrogens is 1. The predicted octanol–water partition coefficient (Wildman–Crippen LogP) is 2.03. The first-order valence-electron chi connectivity index (χ1n) is 5.17. The molecule has 0 aliphatic heterocycles. The van der Waals surface area contributed by atoms with E-state index in [-0.39, 0.29) is 17.9 Å². The number of nitrogens with one attached hydrogen (secondary N) is 1. The lowest BCUT2D eigenvalue weighted by molar-refractivity contribution is 0.0634. The maximum Gasteiger partial charge on any atom is 0.413 e. The zero-order valence-corrected chi connectivity index (χ0v) is 10.1. The number of carbonyl (C=O) groups excluding carboxylic acids is 1. The van der Waals surface area contributed by atoms with Gasteiger partial charge < -0.3 is 10.5 Å². The van der Waals surface area contributed by atoms with E-state index in [1.54, 1.807) is 20.8 Å². The highest BCUT2D eigenvalue weighted by molar-refractivity contribution is 5.83. The van der Waals surface area contributed by atoms with Crippen molar-refractivity contribution in [2.45, 2.75) is 32.9 Å². The van der Waals surface area contributed by atoms with Crippen molar-refractivity contribution in [3.05, 3.63) is 23.6 Å². The Kier molecular flexibility index (Phi) is 4.01. The maximum absolute atomic E-state index is 13.7. The van der Waals surface area contributed by atoms with Crippen molar-refractivity contribution in [3.8, 4) is 0 Å². The Morgan fingerprint density at radius 3 is 2.76 bits per heavy atom. The van der Waals surface area contributed by atoms with Gasteiger partial charge >= 0.3 is 6.09 Å². The van der Waals surface area contributed by atoms with Crippen LogP contribution in [0, 0.1) is 5.82 Å². The molecule has 0 saturated heterocycles. The number of pyridine rings is 1. The number of ether oxygens (including phenoxy) is 1. The summed E-state index contributed by atoms with van der Waals surface area (Å²) in [6.45, 7) is 5.18. The number of amides is 1. The third-order valence-corrected chi connectivity index (χ3v) is 1.81. The zero-order valence-electron chi connectivity index (χ0n) is 10.1. The first kappa shape index (κ1) is 13.4. The van der Waals surface area contributed by atoms with Crippen molar-refractivity contribution in [2.75, 3.05) is 5.32 Å². The summed E-state index contributed by atoms with van der Waals surface area (Å²) in [5.41, 5.74) is 4.98. The number of hydrogen-bond acceptors (Lipinski definition) is 4. The van der Waals surface area contributed by atoms with Crippen molar-refractivity contribution in [1.82, 2.24) is 4.98 Å². The van der Waals surface area contributed by atoms with Crippen LogP contribution in [-0.2, 0) is 11.3 Å². The maximum atomic E-state index is 13.7. The van der Waals surface area contributed by atoms with Crippen LogP contribution in [0.2, 0.25) is 0 Å². The molecule has 0 aromatic carbocycles. The van der Waals surface area contributed by atoms with Crippen molar-refractivity contribution in [1.29, 1.82) is 0 Å². The van der Waals surface area contributed by atoms with Crippen LogP contribution in [-0.4, -0.2) is 16.7 Å². The van der Waals surface area contributed by atoms with Gasteiger partial charge in [0, 0.05) is 18.3 Å². The molecule has 1 heterocycles. The first-order valence-corrected chi connectivity index (χ1v) is 5.17. The lowest BCUT2D eigenvalue weighted by Gasteiger charge is -2.19. The SMILES string of the molecule is CC(C)(C)OC(=O)Nc1nccc(CN)c1F. The number of nitrogens with two attached hydrogens (primary N) is 1. The molecule has 0 spiro atoms. The highest BCUT2D eigenvalue weighted by Gasteiger charge is 2.18. The standard InChI is InChI=1S/C11H16FN3O2/c1-11(2,3)17-10(16)15-9-8(12)7(6-13)4-5-14-9/h4-5H,6,13H2,1-3H3,(H,14,15,16). The van der Waals surface area contributed by atoms with Gasteiger partial charge in [-0.1, -0.05) is 0 Å². The summed E-state index contributed by atoms with van der Waals surface area (Å²) >= 11 is 0. The van der Waals surface area contributed by atoms with Crippen LogP contribution >= 0.6 is 0 Å². The molecule has 0 unspecified atom stereocenters. The lowest BCUT2D eigenvalue weighted by atomic mass is 10.2. The number of hydrogen-bond donors (Lipinski definition) is 2. The van der Waals surface area contributed by atoms with Crippen LogP contribution in [0.1, 0.15) is 26.3 Å². The molecule has 3 N–H and O–H groups in total. The monoisotopic (exact) mass is 241 g/mol. The van der Waals surface area contributed by atoms with Crippen molar-refractivity contribution < 1.29 is 13.9 Å². The van der Waals surface area contributed by atoms with Gasteiger partial charge in [0.05, 0.1) is 0 Å². The molecule has 1 amide bonds. The highest BCUT2D eigenvalue weighted by atomic mass is 19.1. The summed E-state index contributed by atoms with van der Waals surface area (Å²) in [4.78, 5) is 15.1. The third kappa shape index (κ3) is 3.99. The van der Waals surface area contributed by atoms with E-state index < -0.39 is 17.5 Å². The van der Waals surface area contributed by atoms with Gasteiger partial charge in [0.1, 0.15) is 5.60 Å². The summed E-state index contributed by atoms with van der Waals surface area (Å²) in [7, 11) is 0. The minimum absolute atomic E-state index is 0.0390. The van der Waals surface area contributed by atoms with Crippen LogP contribution in [0.3, 0.4) is 0 Å². The molecule has 5 nitrogen and oxygen atoms in total. The molecule has 0 fully saturated rings. The molecule has 0 saturated carbocycles. The summed E-state index contributed by atoms with van der Waals surface area (Å²) in [6, 6.07) is 1.45. The molecule has 0 radical (unpaired) electrons. The van der Waals surface area contributed by atoms with Gasteiger partial charge in [-0.25, -0.2) is 14.2 Å². The molecule has 0 aliphatic rings. The predicted molar refractivity (Wildman–Crippen MR) is 61.9 cm³/mol. The number of anilines is 1. The Hall–Kier alpha value is -1.69. The Bertz CT molecular complexity index is 416. The van der Waals surface area contributed by atoms with Gasteiger partial charge in [-0.2, -0.15) is 0 Å². The van der Waals surface area contributed by atoms with E-state index >= 15 is 0 Å². The Morgan fingerprint density at radius 2 is 2.24 bits per heavy atom. The van der Waals surface area contributed by atoms with E-state index in [0.717, 1.165) is 0 Å². The molecule has 94 valence electrons. The number of carbonyl (C=O) groups is 1. The molecular formula is C11H16FN3O2. The van der Waals surface area contributed by atoms with Gasteiger partial charge in [0.15, 0.2) is 11.6 Å². The second-order valence-corrected chi connectivity index (χ2v) is 4.46. The van der Waals surface area contributed by atoms with E-state index in [9.17, 15) is 9.18 Å². The van der Waals surface area contributed by atoms with Crippen molar-refractivity contribution >= 4 is 11.9 Å². The third-order valence-electron chi connectivity index (χ3n) is 1.81. The van der Waals surface area contributed by atoms with Gasteiger partial charge in [-0.05, 0) is 26.8 Å². The van der Waals surface area contributed by atoms with E-state index in [0.29, 0.717) is 0 Å². The van der Waals surface area contributed by atoms with Crippen LogP contribution in [0.5, 0.6) is 0 Å². The normalized spacial score (nSPS) is 11.1. The summed E-state index contributed by atoms with van der Waals surface area (Å²) in [5.74, 6) is -0.817. The quantitative estimate of drug-likeness (QED) is 0.830. The minimum atomic E-state index is -0.752. The molecule has 17 heavy (non-hydrogen) atoms. The fourth-order valence-corrected chi connectivity index (χ4v) is 1.13. The van der Waals surface area contributed by atoms with Gasteiger partial charge in [0.2, 0.25) is 0 Å². The second kappa shape index (κ2) is 5.09. The van der Waals surface area contributed by atoms with Gasteiger partial charge in [-0.3, -0.25) is 5.32 Å². The largest absolute Gasteiger partial charge is 0.444 e. The zero-order chi connectivity index (χ0) is 13.1. The molecule has 0 atom stereocenters. The topological polar surface area (TPSA) is 77.2 Å². The number of rotatable bonds is 2. The number of nitrogens with zero attached hydrogens (tertiary/aromatic N) is 1. The van der Waals surface area contributed by atoms with Gasteiger partial charge in [0.25, 0.3) is 0 Å². The van der Waals surface area contributed by atoms with Crippen LogP contribution in [0.15, 0.2) is 12.3 Å². The lowest BCUT2D eigenvalue weighted by Crippen LogP contribution is -2.28. The second-order valence-electron chi connectivity index (χ2n) is 4.46. The summed E-state index contributed by atoms with van der Waals surface area (Å²) < 4.78 is 18.6. The van der Waals surface area contributed by atoms with Gasteiger partial charge in [-0.15, -0.1) is 0 Å². The molecule has 1 aromatic heterocycles. The summed E-state index contributed by atoms with van der Waals surface area (Å²) in [6.07, 6.45) is 0.621. The minimum Gasteiger partial charge on any atom is -0.444 e. The van der Waals surface area contributed by atoms with E-state index in [4.69, 9.17) is 10.5 Å². The molecule has 1 rings (SSSR count). The average molecular weight is 241 g/mol. The van der Waals surface area contributed by atoms with E-state index in [1.165, 1.54) is 12.3 Å². The fourth-order valence-electron chi connectivity index (χ4n) is 1.13. The average Bonchev–Trinajstić information content (AvgIpc) is 2.18. The fraction of sp³-hybridized carbons (Fsp3) is 0.455. The summed E-state index contributed by atoms with van der Waals surface area (Å²) in [5, 5.41) is 2.24. The Labute approximate surface area is 99.2 Å². The molecule has 6 heteroatoms. The van der Waals surface area contributed by atoms with Crippen molar-refractivity contribution in [2.24, 2.45) is 5.73 Å². The van der Waals surface area contributed by atoms with Crippen LogP contribution in [0.25, 0.3) is 0 Å². The molecule has 0 bridgehead atoms. The smallest absolute Gasteiger partial charge is 0.413 e. The van der Waals surface area contributed by atoms with E-state index in [2.05, 4.69) is 10.3 Å². The Balaban J connectivity index is 2.79. The van der Waals surface area contributed by atoms with Crippen LogP contribution < -0.4 is 11.1 Å². The molecule has 0 aliphatic carbocycles.